The highest BCUT2D eigenvalue weighted by molar-refractivity contribution is 7.99. The van der Waals surface area contributed by atoms with Crippen LogP contribution in [0.15, 0.2) is 30.3 Å². The van der Waals surface area contributed by atoms with Gasteiger partial charge in [0.1, 0.15) is 24.4 Å². The van der Waals surface area contributed by atoms with Crippen molar-refractivity contribution in [3.05, 3.63) is 74.8 Å². The number of aryl methyl sites for hydroxylation is 1. The highest BCUT2D eigenvalue weighted by atomic mass is 32.2. The zero-order valence-corrected chi connectivity index (χ0v) is 33.0. The van der Waals surface area contributed by atoms with Crippen LogP contribution in [0.25, 0.3) is 0 Å². The zero-order valence-electron chi connectivity index (χ0n) is 32.2. The first-order valence-corrected chi connectivity index (χ1v) is 19.7. The SMILES string of the molecule is COCOc1c(OC)c(C)cc2c1[C@@H]1C3[C@@H]4SCC(N5C(=O)c6ccccc6C5=O)C(=O)OC[C@@H](c5c6c(c(C)c(OC(C)=O)c54)OCO6)N3[C@@H](C#N)[C@H](C2)N1C. The molecule has 2 unspecified atom stereocenters. The van der Waals surface area contributed by atoms with Crippen LogP contribution < -0.4 is 23.7 Å². The van der Waals surface area contributed by atoms with E-state index >= 15 is 0 Å². The number of thioether (sulfide) groups is 1. The van der Waals surface area contributed by atoms with Crippen molar-refractivity contribution in [2.75, 3.05) is 47.2 Å². The fourth-order valence-corrected chi connectivity index (χ4v) is 11.4. The van der Waals surface area contributed by atoms with Crippen molar-refractivity contribution in [3.8, 4) is 34.8 Å². The normalized spacial score (nSPS) is 27.1. The number of nitriles is 1. The predicted octanol–water partition coefficient (Wildman–Crippen LogP) is 4.17. The first kappa shape index (κ1) is 37.2. The number of amides is 2. The highest BCUT2D eigenvalue weighted by Crippen LogP contribution is 2.64. The van der Waals surface area contributed by atoms with Crippen LogP contribution >= 0.6 is 11.8 Å². The van der Waals surface area contributed by atoms with Crippen molar-refractivity contribution in [1.29, 1.82) is 5.26 Å². The van der Waals surface area contributed by atoms with Crippen LogP contribution in [0.3, 0.4) is 0 Å². The molecule has 0 N–H and O–H groups in total. The molecule has 57 heavy (non-hydrogen) atoms. The number of likely N-dealkylation sites (N-methyl/N-ethyl adjacent to an activating group) is 1. The van der Waals surface area contributed by atoms with E-state index in [1.54, 1.807) is 45.4 Å². The molecule has 4 bridgehead atoms. The minimum atomic E-state index is -1.30. The van der Waals surface area contributed by atoms with E-state index in [-0.39, 0.29) is 48.9 Å². The largest absolute Gasteiger partial charge is 0.493 e. The topological polar surface area (TPSA) is 166 Å². The number of benzene rings is 3. The number of carbonyl (C=O) groups is 4. The second-order valence-electron chi connectivity index (χ2n) is 15.0. The van der Waals surface area contributed by atoms with Crippen molar-refractivity contribution >= 4 is 35.5 Å². The first-order valence-electron chi connectivity index (χ1n) is 18.6. The third kappa shape index (κ3) is 5.36. The van der Waals surface area contributed by atoms with Gasteiger partial charge in [-0.25, -0.2) is 4.79 Å². The number of esters is 2. The molecule has 7 aliphatic heterocycles. The molecule has 296 valence electrons. The molecule has 3 aromatic carbocycles. The number of piperazine rings is 1. The molecule has 7 aliphatic rings. The molecule has 0 radical (unpaired) electrons. The van der Waals surface area contributed by atoms with Gasteiger partial charge in [-0.2, -0.15) is 5.26 Å². The summed E-state index contributed by atoms with van der Waals surface area (Å²) in [6.45, 7) is 4.64. The molecular formula is C41H40N4O11S. The van der Waals surface area contributed by atoms with Crippen LogP contribution in [0.4, 0.5) is 0 Å². The highest BCUT2D eigenvalue weighted by Gasteiger charge is 2.61. The Kier molecular flexibility index (Phi) is 9.11. The Morgan fingerprint density at radius 2 is 1.68 bits per heavy atom. The lowest BCUT2D eigenvalue weighted by atomic mass is 9.71. The van der Waals surface area contributed by atoms with Crippen molar-refractivity contribution in [2.45, 2.75) is 68.7 Å². The molecule has 2 fully saturated rings. The molecule has 7 heterocycles. The Balaban J connectivity index is 1.30. The van der Waals surface area contributed by atoms with Gasteiger partial charge in [0.25, 0.3) is 11.8 Å². The molecule has 2 saturated heterocycles. The quantitative estimate of drug-likeness (QED) is 0.151. The van der Waals surface area contributed by atoms with Crippen molar-refractivity contribution in [3.63, 3.8) is 0 Å². The molecule has 0 spiro atoms. The van der Waals surface area contributed by atoms with Gasteiger partial charge in [-0.3, -0.25) is 29.1 Å². The van der Waals surface area contributed by atoms with Crippen LogP contribution in [0, 0.1) is 25.2 Å². The van der Waals surface area contributed by atoms with Crippen molar-refractivity contribution in [1.82, 2.24) is 14.7 Å². The maximum Gasteiger partial charge on any atom is 0.330 e. The smallest absolute Gasteiger partial charge is 0.330 e. The van der Waals surface area contributed by atoms with E-state index in [0.717, 1.165) is 21.6 Å². The Bertz CT molecular complexity index is 2280. The summed E-state index contributed by atoms with van der Waals surface area (Å²) in [6.07, 6.45) is 0.501. The summed E-state index contributed by atoms with van der Waals surface area (Å²) in [5.41, 5.74) is 4.87. The lowest BCUT2D eigenvalue weighted by Gasteiger charge is -2.62. The van der Waals surface area contributed by atoms with E-state index in [1.807, 2.05) is 14.0 Å². The van der Waals surface area contributed by atoms with E-state index in [1.165, 1.54) is 18.7 Å². The van der Waals surface area contributed by atoms with Crippen molar-refractivity contribution in [2.24, 2.45) is 0 Å². The molecule has 0 aliphatic carbocycles. The summed E-state index contributed by atoms with van der Waals surface area (Å²) in [7, 11) is 5.12. The number of methoxy groups -OCH3 is 2. The third-order valence-electron chi connectivity index (χ3n) is 12.1. The number of ether oxygens (including phenoxy) is 7. The van der Waals surface area contributed by atoms with Crippen LogP contribution in [-0.2, 0) is 25.5 Å². The molecular weight excluding hydrogens is 757 g/mol. The van der Waals surface area contributed by atoms with Gasteiger partial charge in [0, 0.05) is 54.1 Å². The van der Waals surface area contributed by atoms with Gasteiger partial charge in [-0.05, 0) is 50.6 Å². The summed E-state index contributed by atoms with van der Waals surface area (Å²) in [4.78, 5) is 60.3. The maximum atomic E-state index is 14.3. The van der Waals surface area contributed by atoms with Crippen LogP contribution in [0.1, 0.15) is 78.4 Å². The fraction of sp³-hybridized carbons (Fsp3) is 0.439. The Morgan fingerprint density at radius 3 is 2.35 bits per heavy atom. The second kappa shape index (κ2) is 13.9. The minimum absolute atomic E-state index is 0.0534. The number of imide groups is 1. The summed E-state index contributed by atoms with van der Waals surface area (Å²) >= 11 is 1.32. The third-order valence-corrected chi connectivity index (χ3v) is 13.5. The zero-order chi connectivity index (χ0) is 40.0. The number of carbonyl (C=O) groups excluding carboxylic acids is 4. The summed E-state index contributed by atoms with van der Waals surface area (Å²) in [5.74, 6) is -0.418. The van der Waals surface area contributed by atoms with E-state index in [0.29, 0.717) is 46.1 Å². The molecule has 7 atom stereocenters. The minimum Gasteiger partial charge on any atom is -0.493 e. The van der Waals surface area contributed by atoms with E-state index in [2.05, 4.69) is 21.9 Å². The lowest BCUT2D eigenvalue weighted by molar-refractivity contribution is -0.153. The van der Waals surface area contributed by atoms with Gasteiger partial charge in [0.05, 0.1) is 41.6 Å². The number of hydrogen-bond acceptors (Lipinski definition) is 15. The van der Waals surface area contributed by atoms with Crippen LogP contribution in [0.2, 0.25) is 0 Å². The fourth-order valence-electron chi connectivity index (χ4n) is 9.87. The van der Waals surface area contributed by atoms with Gasteiger partial charge < -0.3 is 33.2 Å². The number of hydrogen-bond donors (Lipinski definition) is 0. The van der Waals surface area contributed by atoms with Crippen molar-refractivity contribution < 1.29 is 52.3 Å². The van der Waals surface area contributed by atoms with Gasteiger partial charge >= 0.3 is 11.9 Å². The average Bonchev–Trinajstić information content (AvgIpc) is 3.78. The molecule has 10 rings (SSSR count). The van der Waals surface area contributed by atoms with Crippen LogP contribution in [-0.4, -0.2) is 110 Å². The Morgan fingerprint density at radius 1 is 0.965 bits per heavy atom. The summed E-state index contributed by atoms with van der Waals surface area (Å²) in [5, 5.41) is 10.5. The molecule has 2 amide bonds. The monoisotopic (exact) mass is 796 g/mol. The number of nitrogens with zero attached hydrogens (tertiary/aromatic N) is 4. The Labute approximate surface area is 332 Å². The van der Waals surface area contributed by atoms with Crippen LogP contribution in [0.5, 0.6) is 28.7 Å². The van der Waals surface area contributed by atoms with Gasteiger partial charge in [0.15, 0.2) is 29.8 Å². The lowest BCUT2D eigenvalue weighted by Crippen LogP contribution is -2.69. The number of rotatable bonds is 6. The summed E-state index contributed by atoms with van der Waals surface area (Å²) < 4.78 is 42.2. The van der Waals surface area contributed by atoms with Gasteiger partial charge in [-0.15, -0.1) is 11.8 Å². The van der Waals surface area contributed by atoms with E-state index in [4.69, 9.17) is 33.2 Å². The molecule has 16 heteroatoms. The Hall–Kier alpha value is -5.34. The van der Waals surface area contributed by atoms with Gasteiger partial charge in [-0.1, -0.05) is 18.2 Å². The molecule has 3 aromatic rings. The average molecular weight is 797 g/mol. The standard InChI is InChI=1S/C41H40N4O11S/c1-18-11-21-12-24-25(13-42)44-26-14-52-41(49)27(45-39(47)22-9-7-8-10-23(22)40(45)48)15-57-38(30-29(26)37-35(54-17-55-37)19(2)34(30)56-20(3)46)32(44)31(43(24)4)28(21)36(33(18)51-6)53-16-50-5/h7-11,24-27,31-32,38H,12,14-17H2,1-6H3/t24-,25-,26-,27?,31+,32?,38+/m0/s1. The molecule has 15 nitrogen and oxygen atoms in total. The molecule has 0 saturated carbocycles. The predicted molar refractivity (Wildman–Crippen MR) is 201 cm³/mol. The maximum absolute atomic E-state index is 14.3. The first-order chi connectivity index (χ1) is 27.5. The summed E-state index contributed by atoms with van der Waals surface area (Å²) in [6, 6.07) is 6.97. The van der Waals surface area contributed by atoms with E-state index in [9.17, 15) is 24.4 Å². The number of fused-ring (bicyclic) bond motifs is 11. The van der Waals surface area contributed by atoms with Gasteiger partial charge in [0.2, 0.25) is 6.79 Å². The molecule has 0 aromatic heterocycles. The second-order valence-corrected chi connectivity index (χ2v) is 16.1. The van der Waals surface area contributed by atoms with E-state index < -0.39 is 59.2 Å².